The molecule has 1 aliphatic heterocycles. The summed E-state index contributed by atoms with van der Waals surface area (Å²) in [5.41, 5.74) is 7.48. The van der Waals surface area contributed by atoms with Crippen LogP contribution in [0.15, 0.2) is 36.8 Å². The average molecular weight is 547 g/mol. The van der Waals surface area contributed by atoms with Crippen molar-refractivity contribution in [1.29, 1.82) is 0 Å². The second-order valence-corrected chi connectivity index (χ2v) is 10.2. The van der Waals surface area contributed by atoms with Crippen molar-refractivity contribution >= 4 is 35.5 Å². The molecule has 1 saturated heterocycles. The van der Waals surface area contributed by atoms with E-state index in [9.17, 15) is 29.4 Å². The lowest BCUT2D eigenvalue weighted by Crippen LogP contribution is -2.57. The van der Waals surface area contributed by atoms with E-state index in [0.717, 1.165) is 0 Å². The molecular formula is C25H34N6O6S. The first kappa shape index (κ1) is 29.0. The Morgan fingerprint density at radius 1 is 1.18 bits per heavy atom. The number of hydrogen-bond acceptors (Lipinski definition) is 8. The number of carboxylic acid groups (broad SMARTS) is 1. The van der Waals surface area contributed by atoms with E-state index in [-0.39, 0.29) is 30.9 Å². The third-order valence-electron chi connectivity index (χ3n) is 6.38. The van der Waals surface area contributed by atoms with Crippen molar-refractivity contribution in [2.45, 2.75) is 56.3 Å². The van der Waals surface area contributed by atoms with Gasteiger partial charge >= 0.3 is 5.97 Å². The highest BCUT2D eigenvalue weighted by Crippen LogP contribution is 2.20. The lowest BCUT2D eigenvalue weighted by Gasteiger charge is -2.28. The number of carbonyl (C=O) groups is 4. The summed E-state index contributed by atoms with van der Waals surface area (Å²) in [7, 11) is 0. The molecule has 1 aromatic heterocycles. The summed E-state index contributed by atoms with van der Waals surface area (Å²) >= 11 is 1.46. The molecule has 0 aliphatic carbocycles. The minimum atomic E-state index is -1.17. The summed E-state index contributed by atoms with van der Waals surface area (Å²) < 4.78 is 0. The second kappa shape index (κ2) is 13.8. The number of nitrogens with zero attached hydrogens (tertiary/aromatic N) is 2. The summed E-state index contributed by atoms with van der Waals surface area (Å²) in [6, 6.07) is 2.27. The maximum atomic E-state index is 13.3. The number of aromatic hydroxyl groups is 1. The average Bonchev–Trinajstić information content (AvgIpc) is 3.59. The van der Waals surface area contributed by atoms with Gasteiger partial charge in [0.05, 0.1) is 12.4 Å². The lowest BCUT2D eigenvalue weighted by atomic mass is 10.0. The summed E-state index contributed by atoms with van der Waals surface area (Å²) in [4.78, 5) is 59.5. The molecule has 7 N–H and O–H groups in total. The molecule has 2 heterocycles. The molecule has 0 bridgehead atoms. The number of benzene rings is 1. The van der Waals surface area contributed by atoms with Crippen molar-refractivity contribution in [3.05, 3.63) is 48.0 Å². The standard InChI is InChI=1S/C25H34N6O6S/c1-38-10-8-19(25(36)37)29-22(33)20(11-15-4-6-17(32)7-5-15)30-23(34)21-3-2-9-31(21)24(35)18(26)12-16-13-27-14-28-16/h4-7,13-14,18-21,32H,2-3,8-12,26H2,1H3,(H,27,28)(H,29,33)(H,30,34)(H,36,37). The fourth-order valence-corrected chi connectivity index (χ4v) is 4.82. The Hall–Kier alpha value is -3.58. The van der Waals surface area contributed by atoms with Gasteiger partial charge in [0.15, 0.2) is 0 Å². The van der Waals surface area contributed by atoms with Gasteiger partial charge in [-0.15, -0.1) is 0 Å². The molecule has 3 amide bonds. The highest BCUT2D eigenvalue weighted by Gasteiger charge is 2.38. The van der Waals surface area contributed by atoms with E-state index in [1.54, 1.807) is 18.3 Å². The van der Waals surface area contributed by atoms with Gasteiger partial charge in [0.25, 0.3) is 0 Å². The molecule has 0 spiro atoms. The van der Waals surface area contributed by atoms with Gasteiger partial charge in [-0.3, -0.25) is 14.4 Å². The first-order valence-electron chi connectivity index (χ1n) is 12.3. The van der Waals surface area contributed by atoms with Crippen LogP contribution in [0.1, 0.15) is 30.5 Å². The predicted molar refractivity (Wildman–Crippen MR) is 141 cm³/mol. The normalized spacial score (nSPS) is 17.4. The SMILES string of the molecule is CSCCC(NC(=O)C(Cc1ccc(O)cc1)NC(=O)C1CCCN1C(=O)C(N)Cc1cnc[nH]1)C(=O)O. The molecule has 0 radical (unpaired) electrons. The Labute approximate surface area is 224 Å². The van der Waals surface area contributed by atoms with Crippen molar-refractivity contribution in [3.8, 4) is 5.75 Å². The fraction of sp³-hybridized carbons (Fsp3) is 0.480. The number of thioether (sulfide) groups is 1. The molecule has 38 heavy (non-hydrogen) atoms. The molecule has 206 valence electrons. The largest absolute Gasteiger partial charge is 0.508 e. The number of aromatic amines is 1. The zero-order chi connectivity index (χ0) is 27.7. The van der Waals surface area contributed by atoms with E-state index < -0.39 is 42.0 Å². The van der Waals surface area contributed by atoms with Gasteiger partial charge in [0.2, 0.25) is 17.7 Å². The third kappa shape index (κ3) is 7.96. The summed E-state index contributed by atoms with van der Waals surface area (Å²) in [6.07, 6.45) is 6.45. The van der Waals surface area contributed by atoms with E-state index in [1.807, 2.05) is 6.26 Å². The van der Waals surface area contributed by atoms with Gasteiger partial charge in [-0.2, -0.15) is 11.8 Å². The second-order valence-electron chi connectivity index (χ2n) is 9.19. The minimum Gasteiger partial charge on any atom is -0.508 e. The van der Waals surface area contributed by atoms with Gasteiger partial charge in [-0.1, -0.05) is 12.1 Å². The van der Waals surface area contributed by atoms with Gasteiger partial charge < -0.3 is 36.5 Å². The van der Waals surface area contributed by atoms with E-state index in [2.05, 4.69) is 20.6 Å². The van der Waals surface area contributed by atoms with Crippen LogP contribution in [0.5, 0.6) is 5.75 Å². The first-order chi connectivity index (χ1) is 18.2. The van der Waals surface area contributed by atoms with Gasteiger partial charge in [0, 0.05) is 31.3 Å². The fourth-order valence-electron chi connectivity index (χ4n) is 4.35. The highest BCUT2D eigenvalue weighted by atomic mass is 32.2. The number of imidazole rings is 1. The number of carbonyl (C=O) groups excluding carboxylic acids is 3. The molecule has 1 aromatic carbocycles. The van der Waals surface area contributed by atoms with Crippen molar-refractivity contribution < 1.29 is 29.4 Å². The minimum absolute atomic E-state index is 0.0494. The van der Waals surface area contributed by atoms with E-state index >= 15 is 0 Å². The zero-order valence-electron chi connectivity index (χ0n) is 21.1. The van der Waals surface area contributed by atoms with E-state index in [0.29, 0.717) is 36.4 Å². The van der Waals surface area contributed by atoms with Crippen LogP contribution in [-0.2, 0) is 32.0 Å². The summed E-state index contributed by atoms with van der Waals surface area (Å²) in [6.45, 7) is 0.359. The highest BCUT2D eigenvalue weighted by molar-refractivity contribution is 7.98. The predicted octanol–water partition coefficient (Wildman–Crippen LogP) is 0.0261. The molecule has 3 rings (SSSR count). The first-order valence-corrected chi connectivity index (χ1v) is 13.7. The Kier molecular flexibility index (Phi) is 10.5. The molecule has 1 fully saturated rings. The third-order valence-corrected chi connectivity index (χ3v) is 7.03. The van der Waals surface area contributed by atoms with E-state index in [4.69, 9.17) is 5.73 Å². The number of phenols is 1. The van der Waals surface area contributed by atoms with Crippen molar-refractivity contribution in [2.75, 3.05) is 18.6 Å². The molecule has 13 heteroatoms. The number of hydrogen-bond donors (Lipinski definition) is 6. The zero-order valence-corrected chi connectivity index (χ0v) is 21.9. The van der Waals surface area contributed by atoms with Crippen LogP contribution in [0.25, 0.3) is 0 Å². The Bertz CT molecular complexity index is 1100. The molecule has 4 unspecified atom stereocenters. The van der Waals surface area contributed by atoms with Gasteiger partial charge in [0.1, 0.15) is 23.9 Å². The topological polar surface area (TPSA) is 191 Å². The lowest BCUT2D eigenvalue weighted by molar-refractivity contribution is -0.143. The molecule has 0 saturated carbocycles. The van der Waals surface area contributed by atoms with Gasteiger partial charge in [-0.25, -0.2) is 9.78 Å². The number of carboxylic acids is 1. The van der Waals surface area contributed by atoms with E-state index in [1.165, 1.54) is 35.1 Å². The van der Waals surface area contributed by atoms with Crippen LogP contribution >= 0.6 is 11.8 Å². The van der Waals surface area contributed by atoms with Crippen LogP contribution in [0.3, 0.4) is 0 Å². The Morgan fingerprint density at radius 2 is 1.92 bits per heavy atom. The molecular weight excluding hydrogens is 512 g/mol. The van der Waals surface area contributed by atoms with Crippen molar-refractivity contribution in [3.63, 3.8) is 0 Å². The summed E-state index contributed by atoms with van der Waals surface area (Å²) in [5, 5.41) is 24.4. The van der Waals surface area contributed by atoms with Crippen LogP contribution in [0, 0.1) is 0 Å². The number of amides is 3. The maximum Gasteiger partial charge on any atom is 0.326 e. The number of phenolic OH excluding ortho intramolecular Hbond substituents is 1. The maximum absolute atomic E-state index is 13.3. The smallest absolute Gasteiger partial charge is 0.326 e. The number of nitrogens with two attached hydrogens (primary N) is 1. The Morgan fingerprint density at radius 3 is 2.55 bits per heavy atom. The molecule has 1 aliphatic rings. The van der Waals surface area contributed by atoms with Crippen LogP contribution in [0.4, 0.5) is 0 Å². The number of likely N-dealkylation sites (tertiary alicyclic amines) is 1. The summed E-state index contributed by atoms with van der Waals surface area (Å²) in [5.74, 6) is -2.12. The number of nitrogens with one attached hydrogen (secondary N) is 3. The quantitative estimate of drug-likeness (QED) is 0.201. The Balaban J connectivity index is 1.73. The van der Waals surface area contributed by atoms with Crippen molar-refractivity contribution in [1.82, 2.24) is 25.5 Å². The van der Waals surface area contributed by atoms with Crippen LogP contribution < -0.4 is 16.4 Å². The molecule has 4 atom stereocenters. The van der Waals surface area contributed by atoms with Crippen LogP contribution in [-0.4, -0.2) is 91.5 Å². The number of H-pyrrole nitrogens is 1. The van der Waals surface area contributed by atoms with Gasteiger partial charge in [-0.05, 0) is 49.0 Å². The van der Waals surface area contributed by atoms with Crippen LogP contribution in [0.2, 0.25) is 0 Å². The number of rotatable bonds is 13. The number of aromatic nitrogens is 2. The van der Waals surface area contributed by atoms with Crippen molar-refractivity contribution in [2.24, 2.45) is 5.73 Å². The monoisotopic (exact) mass is 546 g/mol. The molecule has 12 nitrogen and oxygen atoms in total. The molecule has 2 aromatic rings. The number of aliphatic carboxylic acids is 1.